The SMILES string of the molecule is Cc1ccccc1N1CCN(C(=O)CSc2nc(Cl)cc(N3CCN(C(=O)C4CC4)C(C)C3)n2)CC1. The molecule has 1 unspecified atom stereocenters. The lowest BCUT2D eigenvalue weighted by atomic mass is 10.1. The molecule has 0 spiro atoms. The number of thioether (sulfide) groups is 1. The lowest BCUT2D eigenvalue weighted by Gasteiger charge is -2.40. The number of amides is 2. The average Bonchev–Trinajstić information content (AvgIpc) is 3.73. The van der Waals surface area contributed by atoms with E-state index in [1.54, 1.807) is 6.07 Å². The van der Waals surface area contributed by atoms with E-state index >= 15 is 0 Å². The normalized spacial score (nSPS) is 20.6. The largest absolute Gasteiger partial charge is 0.368 e. The average molecular weight is 529 g/mol. The maximum absolute atomic E-state index is 12.9. The Morgan fingerprint density at radius 2 is 1.75 bits per heavy atom. The molecule has 3 fully saturated rings. The lowest BCUT2D eigenvalue weighted by molar-refractivity contribution is -0.135. The Morgan fingerprint density at radius 3 is 2.44 bits per heavy atom. The topological polar surface area (TPSA) is 72.9 Å². The number of anilines is 2. The van der Waals surface area contributed by atoms with Crippen LogP contribution in [0, 0.1) is 12.8 Å². The second-order valence-corrected chi connectivity index (χ2v) is 11.2. The van der Waals surface area contributed by atoms with Gasteiger partial charge in [-0.2, -0.15) is 0 Å². The first-order chi connectivity index (χ1) is 17.4. The van der Waals surface area contributed by atoms with E-state index in [1.807, 2.05) is 9.80 Å². The summed E-state index contributed by atoms with van der Waals surface area (Å²) in [5, 5.41) is 0.875. The monoisotopic (exact) mass is 528 g/mol. The third-order valence-electron chi connectivity index (χ3n) is 7.24. The van der Waals surface area contributed by atoms with Gasteiger partial charge in [0, 0.05) is 69.5 Å². The molecule has 2 aromatic rings. The van der Waals surface area contributed by atoms with Crippen molar-refractivity contribution in [1.29, 1.82) is 0 Å². The van der Waals surface area contributed by atoms with Gasteiger partial charge in [-0.3, -0.25) is 9.59 Å². The molecule has 3 aliphatic rings. The van der Waals surface area contributed by atoms with E-state index in [9.17, 15) is 9.59 Å². The Hall–Kier alpha value is -2.52. The third kappa shape index (κ3) is 5.72. The van der Waals surface area contributed by atoms with Crippen LogP contribution in [0.5, 0.6) is 0 Å². The molecule has 2 aliphatic heterocycles. The predicted octanol–water partition coefficient (Wildman–Crippen LogP) is 3.33. The molecular weight excluding hydrogens is 496 g/mol. The summed E-state index contributed by atoms with van der Waals surface area (Å²) in [4.78, 5) is 42.9. The van der Waals surface area contributed by atoms with Crippen molar-refractivity contribution < 1.29 is 9.59 Å². The van der Waals surface area contributed by atoms with Crippen LogP contribution < -0.4 is 9.80 Å². The second kappa shape index (κ2) is 10.8. The highest BCUT2D eigenvalue weighted by atomic mass is 35.5. The molecule has 1 saturated carbocycles. The fraction of sp³-hybridized carbons (Fsp3) is 0.538. The molecule has 10 heteroatoms. The molecule has 3 heterocycles. The number of para-hydroxylation sites is 1. The fourth-order valence-electron chi connectivity index (χ4n) is 5.00. The van der Waals surface area contributed by atoms with E-state index in [2.05, 4.69) is 52.9 Å². The molecule has 1 atom stereocenters. The fourth-order valence-corrected chi connectivity index (χ4v) is 5.99. The number of carbonyl (C=O) groups excluding carboxylic acids is 2. The zero-order chi connectivity index (χ0) is 25.2. The maximum Gasteiger partial charge on any atom is 0.233 e. The first-order valence-electron chi connectivity index (χ1n) is 12.7. The van der Waals surface area contributed by atoms with Gasteiger partial charge < -0.3 is 19.6 Å². The van der Waals surface area contributed by atoms with Crippen molar-refractivity contribution in [3.63, 3.8) is 0 Å². The van der Waals surface area contributed by atoms with Gasteiger partial charge in [-0.25, -0.2) is 9.97 Å². The second-order valence-electron chi connectivity index (χ2n) is 9.88. The van der Waals surface area contributed by atoms with Gasteiger partial charge in [0.1, 0.15) is 11.0 Å². The smallest absolute Gasteiger partial charge is 0.233 e. The van der Waals surface area contributed by atoms with Gasteiger partial charge in [0.05, 0.1) is 5.75 Å². The maximum atomic E-state index is 12.9. The highest BCUT2D eigenvalue weighted by Crippen LogP contribution is 2.33. The van der Waals surface area contributed by atoms with Gasteiger partial charge in [0.2, 0.25) is 11.8 Å². The summed E-state index contributed by atoms with van der Waals surface area (Å²) < 4.78 is 0. The van der Waals surface area contributed by atoms with E-state index in [0.717, 1.165) is 31.7 Å². The number of hydrogen-bond acceptors (Lipinski definition) is 7. The van der Waals surface area contributed by atoms with Crippen molar-refractivity contribution in [3.05, 3.63) is 41.0 Å². The number of hydrogen-bond donors (Lipinski definition) is 0. The number of benzene rings is 1. The molecule has 8 nitrogen and oxygen atoms in total. The summed E-state index contributed by atoms with van der Waals surface area (Å²) in [5.74, 6) is 1.65. The molecule has 36 heavy (non-hydrogen) atoms. The number of halogens is 1. The number of nitrogens with zero attached hydrogens (tertiary/aromatic N) is 6. The summed E-state index contributed by atoms with van der Waals surface area (Å²) in [6, 6.07) is 10.3. The molecule has 0 radical (unpaired) electrons. The highest BCUT2D eigenvalue weighted by Gasteiger charge is 2.37. The summed E-state index contributed by atoms with van der Waals surface area (Å²) >= 11 is 7.66. The minimum absolute atomic E-state index is 0.0929. The Bertz CT molecular complexity index is 1120. The molecular formula is C26H33ClN6O2S. The Balaban J connectivity index is 1.14. The van der Waals surface area contributed by atoms with Crippen LogP contribution in [0.25, 0.3) is 0 Å². The summed E-state index contributed by atoms with van der Waals surface area (Å²) in [6.45, 7) is 9.38. The van der Waals surface area contributed by atoms with Crippen molar-refractivity contribution in [1.82, 2.24) is 19.8 Å². The zero-order valence-corrected chi connectivity index (χ0v) is 22.5. The molecule has 2 amide bonds. The van der Waals surface area contributed by atoms with Crippen LogP contribution in [-0.4, -0.2) is 89.2 Å². The van der Waals surface area contributed by atoms with Crippen LogP contribution in [0.3, 0.4) is 0 Å². The minimum Gasteiger partial charge on any atom is -0.368 e. The van der Waals surface area contributed by atoms with Crippen molar-refractivity contribution in [3.8, 4) is 0 Å². The predicted molar refractivity (Wildman–Crippen MR) is 144 cm³/mol. The third-order valence-corrected chi connectivity index (χ3v) is 8.26. The van der Waals surface area contributed by atoms with E-state index in [0.29, 0.717) is 43.0 Å². The number of aryl methyl sites for hydroxylation is 1. The molecule has 192 valence electrons. The summed E-state index contributed by atoms with van der Waals surface area (Å²) in [6.07, 6.45) is 2.05. The molecule has 1 aromatic carbocycles. The van der Waals surface area contributed by atoms with Crippen molar-refractivity contribution in [2.24, 2.45) is 5.92 Å². The van der Waals surface area contributed by atoms with E-state index in [1.165, 1.54) is 23.0 Å². The van der Waals surface area contributed by atoms with Gasteiger partial charge in [0.25, 0.3) is 0 Å². The number of rotatable bonds is 6. The quantitative estimate of drug-likeness (QED) is 0.323. The lowest BCUT2D eigenvalue weighted by Crippen LogP contribution is -2.54. The van der Waals surface area contributed by atoms with Gasteiger partial charge in [-0.1, -0.05) is 41.6 Å². The van der Waals surface area contributed by atoms with Gasteiger partial charge in [0.15, 0.2) is 5.16 Å². The number of aromatic nitrogens is 2. The Kier molecular flexibility index (Phi) is 7.57. The molecule has 2 saturated heterocycles. The minimum atomic E-state index is 0.0929. The van der Waals surface area contributed by atoms with Gasteiger partial charge in [-0.15, -0.1) is 0 Å². The van der Waals surface area contributed by atoms with Crippen LogP contribution in [0.4, 0.5) is 11.5 Å². The van der Waals surface area contributed by atoms with Crippen LogP contribution in [0.15, 0.2) is 35.5 Å². The number of piperazine rings is 2. The summed E-state index contributed by atoms with van der Waals surface area (Å²) in [7, 11) is 0. The zero-order valence-electron chi connectivity index (χ0n) is 20.9. The molecule has 1 aliphatic carbocycles. The van der Waals surface area contributed by atoms with Gasteiger partial charge in [-0.05, 0) is 38.3 Å². The van der Waals surface area contributed by atoms with Crippen LogP contribution in [-0.2, 0) is 9.59 Å². The first-order valence-corrected chi connectivity index (χ1v) is 14.1. The van der Waals surface area contributed by atoms with Crippen LogP contribution in [0.2, 0.25) is 5.15 Å². The molecule has 0 N–H and O–H groups in total. The van der Waals surface area contributed by atoms with E-state index in [4.69, 9.17) is 16.6 Å². The van der Waals surface area contributed by atoms with Gasteiger partial charge >= 0.3 is 0 Å². The van der Waals surface area contributed by atoms with Crippen LogP contribution >= 0.6 is 23.4 Å². The molecule has 0 bridgehead atoms. The molecule has 1 aromatic heterocycles. The Morgan fingerprint density at radius 1 is 1.03 bits per heavy atom. The highest BCUT2D eigenvalue weighted by molar-refractivity contribution is 7.99. The van der Waals surface area contributed by atoms with Crippen molar-refractivity contribution >= 4 is 46.7 Å². The van der Waals surface area contributed by atoms with Crippen molar-refractivity contribution in [2.75, 3.05) is 61.4 Å². The Labute approximate surface area is 222 Å². The number of carbonyl (C=O) groups is 2. The first kappa shape index (κ1) is 25.1. The van der Waals surface area contributed by atoms with E-state index < -0.39 is 0 Å². The van der Waals surface area contributed by atoms with Crippen molar-refractivity contribution in [2.45, 2.75) is 37.9 Å². The summed E-state index contributed by atoms with van der Waals surface area (Å²) in [5.41, 5.74) is 2.50. The molecule has 5 rings (SSSR count). The van der Waals surface area contributed by atoms with Crippen LogP contribution in [0.1, 0.15) is 25.3 Å². The standard InChI is InChI=1S/C26H33ClN6O2S/c1-18-5-3-4-6-21(18)30-9-11-31(12-10-30)24(34)17-36-26-28-22(27)15-23(29-26)32-13-14-33(19(2)16-32)25(35)20-7-8-20/h3-6,15,19-20H,7-14,16-17H2,1-2H3. The van der Waals surface area contributed by atoms with E-state index in [-0.39, 0.29) is 29.5 Å².